The first kappa shape index (κ1) is 24.1. The highest BCUT2D eigenvalue weighted by molar-refractivity contribution is 6.19. The summed E-state index contributed by atoms with van der Waals surface area (Å²) >= 11 is 12.9. The average molecular weight is 435 g/mol. The molecule has 2 fully saturated rings. The van der Waals surface area contributed by atoms with Crippen molar-refractivity contribution in [2.24, 2.45) is 35.5 Å². The highest BCUT2D eigenvalue weighted by atomic mass is 35.5. The fourth-order valence-electron chi connectivity index (χ4n) is 5.97. The lowest BCUT2D eigenvalue weighted by Gasteiger charge is -2.48. The second-order valence-corrected chi connectivity index (χ2v) is 10.9. The predicted molar refractivity (Wildman–Crippen MR) is 117 cm³/mol. The van der Waals surface area contributed by atoms with Crippen LogP contribution in [-0.4, -0.2) is 29.1 Å². The molecule has 0 amide bonds. The van der Waals surface area contributed by atoms with Gasteiger partial charge in [0.25, 0.3) is 0 Å². The molecule has 2 aliphatic carbocycles. The Balaban J connectivity index is 2.23. The lowest BCUT2D eigenvalue weighted by atomic mass is 9.67. The van der Waals surface area contributed by atoms with Crippen molar-refractivity contribution in [2.45, 2.75) is 91.3 Å². The number of halogens is 2. The predicted octanol–water partition coefficient (Wildman–Crippen LogP) is 7.28. The fraction of sp³-hybridized carbons (Fsp3) is 0.957. The molecule has 0 bridgehead atoms. The van der Waals surface area contributed by atoms with E-state index >= 15 is 0 Å². The van der Waals surface area contributed by atoms with Crippen LogP contribution in [0.1, 0.15) is 80.1 Å². The normalized spacial score (nSPS) is 39.2. The molecule has 3 nitrogen and oxygen atoms in total. The lowest BCUT2D eigenvalue weighted by molar-refractivity contribution is -0.141. The zero-order valence-corrected chi connectivity index (χ0v) is 20.1. The smallest absolute Gasteiger partial charge is 0.426 e. The molecule has 0 N–H and O–H groups in total. The maximum atomic E-state index is 13.1. The second kappa shape index (κ2) is 9.77. The molecule has 0 heterocycles. The van der Waals surface area contributed by atoms with Gasteiger partial charge in [-0.25, -0.2) is 4.79 Å². The van der Waals surface area contributed by atoms with Gasteiger partial charge in [-0.15, -0.1) is 23.2 Å². The molecule has 2 rings (SSSR count). The molecule has 28 heavy (non-hydrogen) atoms. The van der Waals surface area contributed by atoms with Gasteiger partial charge in [-0.05, 0) is 49.4 Å². The van der Waals surface area contributed by atoms with Crippen LogP contribution in [-0.2, 0) is 9.47 Å². The number of ether oxygens (including phenoxy) is 2. The molecular formula is C23H40Cl2O3. The Labute approximate surface area is 182 Å². The third-order valence-electron chi connectivity index (χ3n) is 7.32. The zero-order valence-electron chi connectivity index (χ0n) is 18.6. The number of hydrogen-bond acceptors (Lipinski definition) is 3. The number of rotatable bonds is 6. The van der Waals surface area contributed by atoms with Gasteiger partial charge in [-0.1, -0.05) is 54.4 Å². The van der Waals surface area contributed by atoms with E-state index in [1.165, 1.54) is 0 Å². The number of carbonyl (C=O) groups excluding carboxylic acids is 1. The Morgan fingerprint density at radius 2 is 1.18 bits per heavy atom. The summed E-state index contributed by atoms with van der Waals surface area (Å²) in [4.78, 5) is 13.1. The van der Waals surface area contributed by atoms with Crippen LogP contribution in [0.15, 0.2) is 0 Å². The van der Waals surface area contributed by atoms with Gasteiger partial charge in [0.15, 0.2) is 0 Å². The highest BCUT2D eigenvalue weighted by Gasteiger charge is 2.51. The summed E-state index contributed by atoms with van der Waals surface area (Å²) < 4.78 is 12.2. The molecule has 0 aliphatic heterocycles. The van der Waals surface area contributed by atoms with E-state index in [4.69, 9.17) is 32.7 Å². The summed E-state index contributed by atoms with van der Waals surface area (Å²) in [6.45, 7) is 13.2. The van der Waals surface area contributed by atoms with Crippen LogP contribution in [0.3, 0.4) is 0 Å². The molecule has 6 atom stereocenters. The molecule has 164 valence electrons. The van der Waals surface area contributed by atoms with E-state index in [0.29, 0.717) is 35.4 Å². The molecule has 0 unspecified atom stereocenters. The van der Waals surface area contributed by atoms with Crippen molar-refractivity contribution in [3.05, 3.63) is 0 Å². The minimum atomic E-state index is -0.647. The second-order valence-electron chi connectivity index (χ2n) is 10.3. The van der Waals surface area contributed by atoms with Crippen molar-refractivity contribution in [2.75, 3.05) is 11.8 Å². The van der Waals surface area contributed by atoms with E-state index in [-0.39, 0.29) is 11.8 Å². The van der Waals surface area contributed by atoms with Gasteiger partial charge in [0.05, 0.1) is 11.8 Å². The number of alkyl halides is 2. The first-order valence-electron chi connectivity index (χ1n) is 11.1. The van der Waals surface area contributed by atoms with Crippen molar-refractivity contribution in [1.29, 1.82) is 0 Å². The molecule has 0 aromatic carbocycles. The lowest BCUT2D eigenvalue weighted by Crippen LogP contribution is -2.54. The van der Waals surface area contributed by atoms with Crippen LogP contribution in [0.5, 0.6) is 0 Å². The largest absolute Gasteiger partial charge is 0.509 e. The standard InChI is InChI=1S/C23H40Cl2O3/c1-15(2)19-9-7-17(5)11-22(19,13-24)27-21(26)28-23(14-25)12-18(6)8-10-20(23)16(3)4/h15-20H,7-14H2,1-6H3/t17-,18-,19+,20+,22+,23+/m1/s1. The summed E-state index contributed by atoms with van der Waals surface area (Å²) in [6.07, 6.45) is 5.38. The molecule has 2 saturated carbocycles. The zero-order chi connectivity index (χ0) is 21.1. The Morgan fingerprint density at radius 1 is 0.821 bits per heavy atom. The van der Waals surface area contributed by atoms with E-state index in [1.54, 1.807) is 0 Å². The van der Waals surface area contributed by atoms with E-state index in [9.17, 15) is 4.79 Å². The van der Waals surface area contributed by atoms with E-state index < -0.39 is 17.4 Å². The Hall–Kier alpha value is -0.150. The average Bonchev–Trinajstić information content (AvgIpc) is 2.60. The molecule has 0 aromatic rings. The topological polar surface area (TPSA) is 35.5 Å². The van der Waals surface area contributed by atoms with Gasteiger partial charge >= 0.3 is 6.16 Å². The first-order chi connectivity index (χ1) is 13.1. The fourth-order valence-corrected chi connectivity index (χ4v) is 6.70. The summed E-state index contributed by atoms with van der Waals surface area (Å²) in [6, 6.07) is 0. The molecule has 5 heteroatoms. The van der Waals surface area contributed by atoms with Crippen LogP contribution >= 0.6 is 23.2 Å². The highest BCUT2D eigenvalue weighted by Crippen LogP contribution is 2.47. The SMILES string of the molecule is CC(C)[C@@H]1CC[C@@H](C)C[C@@]1(CCl)OC(=O)O[C@]1(CCl)C[C@H](C)CC[C@H]1C(C)C. The molecule has 0 saturated heterocycles. The first-order valence-corrected chi connectivity index (χ1v) is 12.2. The Kier molecular flexibility index (Phi) is 8.42. The van der Waals surface area contributed by atoms with Crippen molar-refractivity contribution in [3.63, 3.8) is 0 Å². The summed E-state index contributed by atoms with van der Waals surface area (Å²) in [5, 5.41) is 0. The number of carbonyl (C=O) groups is 1. The van der Waals surface area contributed by atoms with E-state index in [0.717, 1.165) is 38.5 Å². The summed E-state index contributed by atoms with van der Waals surface area (Å²) in [7, 11) is 0. The van der Waals surface area contributed by atoms with Crippen molar-refractivity contribution >= 4 is 29.4 Å². The molecule has 2 aliphatic rings. The van der Waals surface area contributed by atoms with Gasteiger partial charge in [0.2, 0.25) is 0 Å². The van der Waals surface area contributed by atoms with Crippen LogP contribution in [0.2, 0.25) is 0 Å². The minimum Gasteiger partial charge on any atom is -0.426 e. The van der Waals surface area contributed by atoms with Crippen molar-refractivity contribution in [1.82, 2.24) is 0 Å². The quantitative estimate of drug-likeness (QED) is 0.325. The molecule has 0 aromatic heterocycles. The van der Waals surface area contributed by atoms with Gasteiger partial charge in [0.1, 0.15) is 11.2 Å². The summed E-state index contributed by atoms with van der Waals surface area (Å²) in [5.41, 5.74) is -1.29. The van der Waals surface area contributed by atoms with Crippen molar-refractivity contribution < 1.29 is 14.3 Å². The van der Waals surface area contributed by atoms with Crippen LogP contribution in [0.25, 0.3) is 0 Å². The molecular weight excluding hydrogens is 395 g/mol. The third-order valence-corrected chi connectivity index (χ3v) is 8.22. The van der Waals surface area contributed by atoms with E-state index in [1.807, 2.05) is 0 Å². The van der Waals surface area contributed by atoms with Crippen LogP contribution in [0.4, 0.5) is 4.79 Å². The monoisotopic (exact) mass is 434 g/mol. The maximum absolute atomic E-state index is 13.1. The molecule has 0 radical (unpaired) electrons. The van der Waals surface area contributed by atoms with E-state index in [2.05, 4.69) is 41.5 Å². The Morgan fingerprint density at radius 3 is 1.46 bits per heavy atom. The van der Waals surface area contributed by atoms with Crippen LogP contribution < -0.4 is 0 Å². The van der Waals surface area contributed by atoms with Gasteiger partial charge in [-0.3, -0.25) is 0 Å². The minimum absolute atomic E-state index is 0.256. The van der Waals surface area contributed by atoms with Gasteiger partial charge in [-0.2, -0.15) is 0 Å². The maximum Gasteiger partial charge on any atom is 0.509 e. The third kappa shape index (κ3) is 5.12. The van der Waals surface area contributed by atoms with Gasteiger partial charge in [0, 0.05) is 11.8 Å². The van der Waals surface area contributed by atoms with Crippen molar-refractivity contribution in [3.8, 4) is 0 Å². The van der Waals surface area contributed by atoms with Gasteiger partial charge < -0.3 is 9.47 Å². The number of hydrogen-bond donors (Lipinski definition) is 0. The summed E-state index contributed by atoms with van der Waals surface area (Å²) in [5.74, 6) is 2.92. The van der Waals surface area contributed by atoms with Crippen LogP contribution in [0, 0.1) is 35.5 Å². The molecule has 0 spiro atoms. The Bertz CT molecular complexity index is 480.